The van der Waals surface area contributed by atoms with Crippen molar-refractivity contribution in [1.29, 1.82) is 5.26 Å². The van der Waals surface area contributed by atoms with Crippen molar-refractivity contribution >= 4 is 16.9 Å². The molecular formula is C15H20N6O. The number of piperidine rings is 1. The zero-order valence-corrected chi connectivity index (χ0v) is 12.9. The summed E-state index contributed by atoms with van der Waals surface area (Å²) in [4.78, 5) is 18.9. The minimum absolute atomic E-state index is 0.0967. The number of nitriles is 1. The number of hydrogen-bond acceptors (Lipinski definition) is 5. The summed E-state index contributed by atoms with van der Waals surface area (Å²) in [5.41, 5.74) is 7.41. The Morgan fingerprint density at radius 1 is 1.55 bits per heavy atom. The van der Waals surface area contributed by atoms with Crippen molar-refractivity contribution < 1.29 is 0 Å². The van der Waals surface area contributed by atoms with Gasteiger partial charge in [0.1, 0.15) is 28.5 Å². The standard InChI is InChI=1S/C15H20N6O/c1-3-21-13-12(18-9-19(2)15(13)22)11(7-16)14(21)20-6-4-5-10(17)8-20/h9-10H,3-6,8,17H2,1-2H3/t10-/m0/s1. The molecule has 2 aromatic heterocycles. The molecule has 1 atom stereocenters. The zero-order valence-electron chi connectivity index (χ0n) is 12.9. The van der Waals surface area contributed by atoms with Gasteiger partial charge in [0.2, 0.25) is 0 Å². The highest BCUT2D eigenvalue weighted by Crippen LogP contribution is 2.31. The van der Waals surface area contributed by atoms with Crippen LogP contribution in [0.3, 0.4) is 0 Å². The number of hydrogen-bond donors (Lipinski definition) is 1. The lowest BCUT2D eigenvalue weighted by atomic mass is 10.1. The van der Waals surface area contributed by atoms with E-state index in [1.165, 1.54) is 10.9 Å². The number of rotatable bonds is 2. The van der Waals surface area contributed by atoms with Gasteiger partial charge < -0.3 is 19.8 Å². The lowest BCUT2D eigenvalue weighted by Gasteiger charge is -2.33. The first kappa shape index (κ1) is 14.6. The molecule has 1 aliphatic heterocycles. The largest absolute Gasteiger partial charge is 0.355 e. The lowest BCUT2D eigenvalue weighted by molar-refractivity contribution is 0.498. The third-order valence-electron chi connectivity index (χ3n) is 4.28. The Hall–Kier alpha value is -2.33. The number of aryl methyl sites for hydroxylation is 2. The van der Waals surface area contributed by atoms with Crippen LogP contribution in [-0.4, -0.2) is 33.2 Å². The molecule has 0 bridgehead atoms. The van der Waals surface area contributed by atoms with Gasteiger partial charge in [-0.25, -0.2) is 4.98 Å². The van der Waals surface area contributed by atoms with Crippen molar-refractivity contribution in [2.75, 3.05) is 18.0 Å². The fourth-order valence-corrected chi connectivity index (χ4v) is 3.24. The molecule has 0 aromatic carbocycles. The van der Waals surface area contributed by atoms with Crippen LogP contribution in [0.25, 0.3) is 11.0 Å². The fraction of sp³-hybridized carbons (Fsp3) is 0.533. The van der Waals surface area contributed by atoms with Crippen LogP contribution in [-0.2, 0) is 13.6 Å². The van der Waals surface area contributed by atoms with E-state index >= 15 is 0 Å². The van der Waals surface area contributed by atoms with Crippen LogP contribution in [0.1, 0.15) is 25.3 Å². The van der Waals surface area contributed by atoms with Gasteiger partial charge in [0, 0.05) is 32.7 Å². The van der Waals surface area contributed by atoms with Crippen molar-refractivity contribution in [1.82, 2.24) is 14.1 Å². The van der Waals surface area contributed by atoms with E-state index in [9.17, 15) is 10.1 Å². The topological polar surface area (TPSA) is 92.9 Å². The van der Waals surface area contributed by atoms with E-state index in [1.54, 1.807) is 7.05 Å². The van der Waals surface area contributed by atoms with Gasteiger partial charge in [0.15, 0.2) is 0 Å². The summed E-state index contributed by atoms with van der Waals surface area (Å²) in [5, 5.41) is 9.61. The Morgan fingerprint density at radius 2 is 2.32 bits per heavy atom. The van der Waals surface area contributed by atoms with Crippen LogP contribution >= 0.6 is 0 Å². The van der Waals surface area contributed by atoms with Gasteiger partial charge in [-0.3, -0.25) is 4.79 Å². The minimum Gasteiger partial charge on any atom is -0.355 e. The smallest absolute Gasteiger partial charge is 0.277 e. The van der Waals surface area contributed by atoms with Gasteiger partial charge in [-0.15, -0.1) is 0 Å². The predicted molar refractivity (Wildman–Crippen MR) is 84.8 cm³/mol. The summed E-state index contributed by atoms with van der Waals surface area (Å²) in [5.74, 6) is 0.783. The third kappa shape index (κ3) is 2.07. The lowest BCUT2D eigenvalue weighted by Crippen LogP contribution is -2.44. The Morgan fingerprint density at radius 3 is 2.95 bits per heavy atom. The number of nitrogens with zero attached hydrogens (tertiary/aromatic N) is 5. The molecule has 0 saturated carbocycles. The van der Waals surface area contributed by atoms with Gasteiger partial charge in [-0.1, -0.05) is 0 Å². The van der Waals surface area contributed by atoms with Gasteiger partial charge in [0.25, 0.3) is 5.56 Å². The van der Waals surface area contributed by atoms with E-state index in [2.05, 4.69) is 16.0 Å². The molecule has 0 spiro atoms. The molecule has 22 heavy (non-hydrogen) atoms. The monoisotopic (exact) mass is 300 g/mol. The molecule has 7 nitrogen and oxygen atoms in total. The molecule has 7 heteroatoms. The normalized spacial score (nSPS) is 18.6. The summed E-state index contributed by atoms with van der Waals surface area (Å²) in [6, 6.07) is 2.33. The fourth-order valence-electron chi connectivity index (χ4n) is 3.24. The Labute approximate surface area is 128 Å². The number of anilines is 1. The Bertz CT molecular complexity index is 812. The predicted octanol–water partition coefficient (Wildman–Crippen LogP) is 0.554. The maximum atomic E-state index is 12.5. The molecule has 1 aliphatic rings. The summed E-state index contributed by atoms with van der Waals surface area (Å²) in [7, 11) is 1.67. The minimum atomic E-state index is -0.129. The molecular weight excluding hydrogens is 280 g/mol. The summed E-state index contributed by atoms with van der Waals surface area (Å²) < 4.78 is 3.35. The van der Waals surface area contributed by atoms with E-state index in [0.717, 1.165) is 25.2 Å². The van der Waals surface area contributed by atoms with Gasteiger partial charge >= 0.3 is 0 Å². The van der Waals surface area contributed by atoms with Crippen LogP contribution in [0, 0.1) is 11.3 Å². The number of fused-ring (bicyclic) bond motifs is 1. The third-order valence-corrected chi connectivity index (χ3v) is 4.28. The molecule has 116 valence electrons. The maximum absolute atomic E-state index is 12.5. The second-order valence-electron chi connectivity index (χ2n) is 5.76. The molecule has 3 heterocycles. The van der Waals surface area contributed by atoms with Crippen LogP contribution < -0.4 is 16.2 Å². The van der Waals surface area contributed by atoms with E-state index in [1.807, 2.05) is 11.5 Å². The summed E-state index contributed by atoms with van der Waals surface area (Å²) >= 11 is 0. The molecule has 1 fully saturated rings. The van der Waals surface area contributed by atoms with Crippen molar-refractivity contribution in [2.24, 2.45) is 12.8 Å². The SMILES string of the molecule is CCn1c(N2CCC[C@H](N)C2)c(C#N)c2ncn(C)c(=O)c21. The molecule has 0 radical (unpaired) electrons. The zero-order chi connectivity index (χ0) is 15.9. The summed E-state index contributed by atoms with van der Waals surface area (Å²) in [6.07, 6.45) is 3.45. The molecule has 3 rings (SSSR count). The number of nitrogens with two attached hydrogens (primary N) is 1. The van der Waals surface area contributed by atoms with Crippen molar-refractivity contribution in [3.05, 3.63) is 22.2 Å². The van der Waals surface area contributed by atoms with Crippen molar-refractivity contribution in [3.63, 3.8) is 0 Å². The Kier molecular flexibility index (Phi) is 3.62. The van der Waals surface area contributed by atoms with E-state index < -0.39 is 0 Å². The van der Waals surface area contributed by atoms with Crippen LogP contribution in [0.2, 0.25) is 0 Å². The van der Waals surface area contributed by atoms with Gasteiger partial charge in [0.05, 0.1) is 6.33 Å². The van der Waals surface area contributed by atoms with Crippen molar-refractivity contribution in [2.45, 2.75) is 32.4 Å². The molecule has 0 amide bonds. The van der Waals surface area contributed by atoms with Crippen LogP contribution in [0.15, 0.2) is 11.1 Å². The van der Waals surface area contributed by atoms with E-state index in [-0.39, 0.29) is 11.6 Å². The molecule has 1 saturated heterocycles. The average Bonchev–Trinajstić information content (AvgIpc) is 2.84. The Balaban J connectivity index is 2.31. The van der Waals surface area contributed by atoms with E-state index in [4.69, 9.17) is 5.73 Å². The second kappa shape index (κ2) is 5.46. The van der Waals surface area contributed by atoms with Gasteiger partial charge in [-0.2, -0.15) is 5.26 Å². The molecule has 0 aliphatic carbocycles. The molecule has 2 aromatic rings. The first-order valence-electron chi connectivity index (χ1n) is 7.56. The molecule has 2 N–H and O–H groups in total. The first-order valence-corrected chi connectivity index (χ1v) is 7.56. The highest BCUT2D eigenvalue weighted by atomic mass is 16.1. The van der Waals surface area contributed by atoms with Crippen LogP contribution in [0.5, 0.6) is 0 Å². The average molecular weight is 300 g/mol. The molecule has 0 unspecified atom stereocenters. The highest BCUT2D eigenvalue weighted by molar-refractivity contribution is 5.89. The quantitative estimate of drug-likeness (QED) is 0.874. The summed E-state index contributed by atoms with van der Waals surface area (Å²) in [6.45, 7) is 4.13. The maximum Gasteiger partial charge on any atom is 0.277 e. The van der Waals surface area contributed by atoms with Gasteiger partial charge in [-0.05, 0) is 19.8 Å². The van der Waals surface area contributed by atoms with E-state index in [0.29, 0.717) is 29.7 Å². The van der Waals surface area contributed by atoms with Crippen LogP contribution in [0.4, 0.5) is 5.82 Å². The highest BCUT2D eigenvalue weighted by Gasteiger charge is 2.27. The van der Waals surface area contributed by atoms with Crippen molar-refractivity contribution in [3.8, 4) is 6.07 Å². The number of aromatic nitrogens is 3. The first-order chi connectivity index (χ1) is 10.6. The second-order valence-corrected chi connectivity index (χ2v) is 5.76.